The topological polar surface area (TPSA) is 78.7 Å². The summed E-state index contributed by atoms with van der Waals surface area (Å²) in [7, 11) is 0. The highest BCUT2D eigenvalue weighted by Crippen LogP contribution is 2.61. The van der Waals surface area contributed by atoms with Gasteiger partial charge in [0, 0.05) is 12.1 Å². The molecule has 2 rings (SSSR count). The summed E-state index contributed by atoms with van der Waals surface area (Å²) in [4.78, 5) is 10.4. The summed E-state index contributed by atoms with van der Waals surface area (Å²) in [6.07, 6.45) is -4.58. The number of alkyl halides is 3. The summed E-state index contributed by atoms with van der Waals surface area (Å²) in [5.74, 6) is -5.52. The molecule has 1 atom stereocenters. The number of hydrogen-bond acceptors (Lipinski definition) is 5. The van der Waals surface area contributed by atoms with Crippen LogP contribution >= 0.6 is 39.9 Å². The molecule has 0 aliphatic rings. The van der Waals surface area contributed by atoms with Crippen molar-refractivity contribution in [3.63, 3.8) is 0 Å². The third kappa shape index (κ3) is 5.67. The van der Waals surface area contributed by atoms with Gasteiger partial charge in [0.25, 0.3) is 5.85 Å². The van der Waals surface area contributed by atoms with Gasteiger partial charge in [0.15, 0.2) is 5.85 Å². The first kappa shape index (κ1) is 22.6. The third-order valence-corrected chi connectivity index (χ3v) is 6.23. The number of rotatable bonds is 6. The minimum absolute atomic E-state index is 0.0339. The molecule has 6 nitrogen and oxygen atoms in total. The largest absolute Gasteiger partial charge is 0.473 e. The van der Waals surface area contributed by atoms with E-state index >= 15 is 0 Å². The molecular formula is C15H10Cl3F3NO5P. The molecule has 28 heavy (non-hydrogen) atoms. The Morgan fingerprint density at radius 1 is 1.14 bits per heavy atom. The Kier molecular flexibility index (Phi) is 6.76. The van der Waals surface area contributed by atoms with Gasteiger partial charge in [-0.3, -0.25) is 14.7 Å². The summed E-state index contributed by atoms with van der Waals surface area (Å²) in [6, 6.07) is 5.74. The van der Waals surface area contributed by atoms with Gasteiger partial charge in [-0.1, -0.05) is 11.6 Å². The van der Waals surface area contributed by atoms with E-state index in [0.29, 0.717) is 6.07 Å². The predicted molar refractivity (Wildman–Crippen MR) is 99.0 cm³/mol. The fourth-order valence-electron chi connectivity index (χ4n) is 1.94. The molecule has 0 saturated carbocycles. The number of nitrogens with zero attached hydrogens (tertiary/aromatic N) is 1. The van der Waals surface area contributed by atoms with Gasteiger partial charge in [0.2, 0.25) is 5.75 Å². The first-order chi connectivity index (χ1) is 12.8. The molecule has 0 aromatic heterocycles. The maximum Gasteiger partial charge on any atom is 0.416 e. The first-order valence-electron chi connectivity index (χ1n) is 7.28. The van der Waals surface area contributed by atoms with Crippen molar-refractivity contribution in [3.05, 3.63) is 57.1 Å². The van der Waals surface area contributed by atoms with E-state index in [1.54, 1.807) is 0 Å². The van der Waals surface area contributed by atoms with Crippen molar-refractivity contribution in [1.82, 2.24) is 0 Å². The standard InChI is InChI=1S/C15H10Cl3F3NO5P/c1-8(28(17,18)25)26-14-7-10(3-4-12(14)22(23)24)27-13-5-2-9(6-11(13)16)15(19,20)21/h2-8H,1H3. The molecule has 13 heteroatoms. The second-order valence-corrected chi connectivity index (χ2v) is 11.0. The maximum atomic E-state index is 12.7. The zero-order valence-corrected chi connectivity index (χ0v) is 16.9. The number of ether oxygens (including phenoxy) is 2. The number of halogens is 6. The molecule has 152 valence electrons. The Morgan fingerprint density at radius 3 is 2.29 bits per heavy atom. The molecular weight excluding hydrogens is 468 g/mol. The average molecular weight is 479 g/mol. The maximum absolute atomic E-state index is 12.7. The quantitative estimate of drug-likeness (QED) is 0.245. The molecule has 2 aromatic rings. The van der Waals surface area contributed by atoms with Crippen LogP contribution < -0.4 is 9.47 Å². The number of hydrogen-bond donors (Lipinski definition) is 0. The Bertz CT molecular complexity index is 951. The summed E-state index contributed by atoms with van der Waals surface area (Å²) >= 11 is 16.8. The lowest BCUT2D eigenvalue weighted by Crippen LogP contribution is -2.09. The SMILES string of the molecule is CC(Oc1cc(Oc2ccc(C(F)(F)F)cc2Cl)ccc1[N+](=O)[O-])P(=O)(Cl)Cl. The molecule has 0 amide bonds. The number of nitro benzene ring substituents is 1. The van der Waals surface area contributed by atoms with Gasteiger partial charge in [-0.25, -0.2) is 0 Å². The lowest BCUT2D eigenvalue weighted by molar-refractivity contribution is -0.385. The number of benzene rings is 2. The fourth-order valence-corrected chi connectivity index (χ4v) is 2.63. The fraction of sp³-hybridized carbons (Fsp3) is 0.200. The van der Waals surface area contributed by atoms with Crippen LogP contribution in [-0.4, -0.2) is 10.8 Å². The summed E-state index contributed by atoms with van der Waals surface area (Å²) in [5, 5.41) is 10.8. The molecule has 0 heterocycles. The Labute approximate surface area is 171 Å². The van der Waals surface area contributed by atoms with Gasteiger partial charge >= 0.3 is 11.9 Å². The van der Waals surface area contributed by atoms with Crippen molar-refractivity contribution >= 4 is 45.6 Å². The van der Waals surface area contributed by atoms with E-state index in [2.05, 4.69) is 0 Å². The van der Waals surface area contributed by atoms with Crippen molar-refractivity contribution in [3.8, 4) is 17.2 Å². The smallest absolute Gasteiger partial charge is 0.416 e. The molecule has 0 aliphatic heterocycles. The molecule has 2 aromatic carbocycles. The molecule has 0 bridgehead atoms. The summed E-state index contributed by atoms with van der Waals surface area (Å²) in [6.45, 7) is 1.25. The van der Waals surface area contributed by atoms with Gasteiger partial charge < -0.3 is 9.47 Å². The van der Waals surface area contributed by atoms with E-state index in [4.69, 9.17) is 43.6 Å². The molecule has 0 N–H and O–H groups in total. The zero-order valence-electron chi connectivity index (χ0n) is 13.7. The zero-order chi connectivity index (χ0) is 21.3. The van der Waals surface area contributed by atoms with Crippen molar-refractivity contribution in [1.29, 1.82) is 0 Å². The molecule has 0 radical (unpaired) electrons. The van der Waals surface area contributed by atoms with Crippen LogP contribution in [0.25, 0.3) is 0 Å². The van der Waals surface area contributed by atoms with Crippen molar-refractivity contribution in [2.75, 3.05) is 0 Å². The van der Waals surface area contributed by atoms with E-state index in [1.807, 2.05) is 0 Å². The summed E-state index contributed by atoms with van der Waals surface area (Å²) in [5.41, 5.74) is -1.45. The van der Waals surface area contributed by atoms with Crippen LogP contribution in [0.5, 0.6) is 17.2 Å². The van der Waals surface area contributed by atoms with E-state index < -0.39 is 34.0 Å². The van der Waals surface area contributed by atoms with Crippen LogP contribution in [0.4, 0.5) is 18.9 Å². The molecule has 0 saturated heterocycles. The minimum atomic E-state index is -4.58. The molecule has 1 unspecified atom stereocenters. The van der Waals surface area contributed by atoms with E-state index in [-0.39, 0.29) is 22.3 Å². The van der Waals surface area contributed by atoms with Gasteiger partial charge in [0.1, 0.15) is 11.5 Å². The van der Waals surface area contributed by atoms with E-state index in [0.717, 1.165) is 24.3 Å². The third-order valence-electron chi connectivity index (χ3n) is 3.34. The molecule has 0 fully saturated rings. The van der Waals surface area contributed by atoms with Crippen LogP contribution in [0.1, 0.15) is 12.5 Å². The van der Waals surface area contributed by atoms with Crippen LogP contribution in [0.15, 0.2) is 36.4 Å². The lowest BCUT2D eigenvalue weighted by Gasteiger charge is -2.16. The predicted octanol–water partition coefficient (Wildman–Crippen LogP) is 7.45. The van der Waals surface area contributed by atoms with Gasteiger partial charge in [0.05, 0.1) is 15.5 Å². The monoisotopic (exact) mass is 477 g/mol. The second kappa shape index (κ2) is 8.37. The van der Waals surface area contributed by atoms with Crippen LogP contribution in [0.3, 0.4) is 0 Å². The Morgan fingerprint density at radius 2 is 1.79 bits per heavy atom. The lowest BCUT2D eigenvalue weighted by atomic mass is 10.2. The van der Waals surface area contributed by atoms with Crippen LogP contribution in [0.2, 0.25) is 5.02 Å². The first-order valence-corrected chi connectivity index (χ1v) is 11.2. The highest BCUT2D eigenvalue weighted by atomic mass is 35.9. The van der Waals surface area contributed by atoms with Crippen molar-refractivity contribution in [2.45, 2.75) is 18.9 Å². The second-order valence-electron chi connectivity index (χ2n) is 5.35. The van der Waals surface area contributed by atoms with Crippen LogP contribution in [-0.2, 0) is 10.7 Å². The highest BCUT2D eigenvalue weighted by Gasteiger charge is 2.31. The Balaban J connectivity index is 2.36. The van der Waals surface area contributed by atoms with Crippen LogP contribution in [0, 0.1) is 10.1 Å². The Hall–Kier alpha value is -1.67. The van der Waals surface area contributed by atoms with Crippen molar-refractivity contribution in [2.24, 2.45) is 0 Å². The highest BCUT2D eigenvalue weighted by molar-refractivity contribution is 8.08. The van der Waals surface area contributed by atoms with Gasteiger partial charge in [-0.15, -0.1) is 0 Å². The minimum Gasteiger partial charge on any atom is -0.473 e. The average Bonchev–Trinajstić information content (AvgIpc) is 2.54. The van der Waals surface area contributed by atoms with E-state index in [1.165, 1.54) is 13.0 Å². The summed E-state index contributed by atoms with van der Waals surface area (Å²) < 4.78 is 60.3. The number of nitro groups is 1. The normalized spacial score (nSPS) is 13.1. The van der Waals surface area contributed by atoms with Gasteiger partial charge in [-0.2, -0.15) is 13.2 Å². The van der Waals surface area contributed by atoms with Crippen molar-refractivity contribution < 1.29 is 32.1 Å². The van der Waals surface area contributed by atoms with Gasteiger partial charge in [-0.05, 0) is 53.7 Å². The molecule has 0 aliphatic carbocycles. The van der Waals surface area contributed by atoms with E-state index in [9.17, 15) is 27.9 Å². The molecule has 0 spiro atoms.